The van der Waals surface area contributed by atoms with Gasteiger partial charge in [0, 0.05) is 37.3 Å². The van der Waals surface area contributed by atoms with Crippen molar-refractivity contribution in [2.24, 2.45) is 23.3 Å². The van der Waals surface area contributed by atoms with E-state index in [0.29, 0.717) is 29.0 Å². The Morgan fingerprint density at radius 1 is 1.12 bits per heavy atom. The van der Waals surface area contributed by atoms with Crippen LogP contribution in [0, 0.1) is 11.8 Å². The molecule has 1 aliphatic heterocycles. The van der Waals surface area contributed by atoms with Gasteiger partial charge in [-0.2, -0.15) is 5.10 Å². The van der Waals surface area contributed by atoms with Crippen LogP contribution in [0.15, 0.2) is 48.7 Å². The van der Waals surface area contributed by atoms with Gasteiger partial charge in [0.15, 0.2) is 0 Å². The van der Waals surface area contributed by atoms with E-state index in [1.54, 1.807) is 10.7 Å². The molecule has 0 bridgehead atoms. The van der Waals surface area contributed by atoms with E-state index >= 15 is 0 Å². The Hall–Kier alpha value is -2.70. The van der Waals surface area contributed by atoms with E-state index in [0.717, 1.165) is 30.7 Å². The molecule has 3 aromatic rings. The summed E-state index contributed by atoms with van der Waals surface area (Å²) in [6, 6.07) is 14.3. The van der Waals surface area contributed by atoms with Crippen molar-refractivity contribution in [3.63, 3.8) is 0 Å². The molecule has 5 rings (SSSR count). The predicted octanol–water partition coefficient (Wildman–Crippen LogP) is 1.51. The van der Waals surface area contributed by atoms with Gasteiger partial charge in [-0.15, -0.1) is 0 Å². The zero-order valence-electron chi connectivity index (χ0n) is 14.4. The van der Waals surface area contributed by atoms with Crippen molar-refractivity contribution >= 4 is 16.8 Å². The predicted molar refractivity (Wildman–Crippen MR) is 99.8 cm³/mol. The maximum Gasteiger partial charge on any atom is 0.250 e. The number of piperidine rings is 1. The molecule has 1 saturated carbocycles. The van der Waals surface area contributed by atoms with Crippen molar-refractivity contribution in [2.75, 3.05) is 13.1 Å². The van der Waals surface area contributed by atoms with Gasteiger partial charge in [-0.1, -0.05) is 24.3 Å². The molecule has 1 aliphatic carbocycles. The quantitative estimate of drug-likeness (QED) is 0.749. The SMILES string of the molecule is NC(=O)c1cccc2cn(-c3ccc(CN4CC5C(N)C5C4)cc3)nc12. The second kappa shape index (κ2) is 5.65. The Kier molecular flexibility index (Phi) is 3.38. The maximum atomic E-state index is 11.6. The Labute approximate surface area is 151 Å². The van der Waals surface area contributed by atoms with Crippen molar-refractivity contribution in [2.45, 2.75) is 12.6 Å². The molecule has 2 atom stereocenters. The minimum atomic E-state index is -0.459. The van der Waals surface area contributed by atoms with Gasteiger partial charge in [-0.3, -0.25) is 9.69 Å². The molecular weight excluding hydrogens is 326 g/mol. The summed E-state index contributed by atoms with van der Waals surface area (Å²) in [7, 11) is 0. The summed E-state index contributed by atoms with van der Waals surface area (Å²) < 4.78 is 1.80. The molecule has 2 aromatic carbocycles. The van der Waals surface area contributed by atoms with Crippen LogP contribution in [-0.4, -0.2) is 39.7 Å². The van der Waals surface area contributed by atoms with Crippen molar-refractivity contribution < 1.29 is 4.79 Å². The zero-order valence-corrected chi connectivity index (χ0v) is 14.4. The number of nitrogens with zero attached hydrogens (tertiary/aromatic N) is 3. The number of aromatic nitrogens is 2. The Bertz CT molecular complexity index is 981. The number of nitrogens with two attached hydrogens (primary N) is 2. The molecule has 1 saturated heterocycles. The van der Waals surface area contributed by atoms with Gasteiger partial charge in [-0.05, 0) is 35.6 Å². The highest BCUT2D eigenvalue weighted by atomic mass is 16.1. The molecule has 0 radical (unpaired) electrons. The van der Waals surface area contributed by atoms with Gasteiger partial charge in [0.1, 0.15) is 5.52 Å². The standard InChI is InChI=1S/C20H21N5O/c21-18-16-10-24(11-17(16)18)8-12-4-6-14(7-5-12)25-9-13-2-1-3-15(20(22)26)19(13)23-25/h1-7,9,16-18H,8,10-11,21H2,(H2,22,26). The van der Waals surface area contributed by atoms with E-state index in [1.807, 2.05) is 18.3 Å². The highest BCUT2D eigenvalue weighted by Gasteiger charge is 2.53. The molecule has 6 nitrogen and oxygen atoms in total. The lowest BCUT2D eigenvalue weighted by molar-refractivity contribution is 0.100. The molecule has 26 heavy (non-hydrogen) atoms. The number of rotatable bonds is 4. The first-order valence-corrected chi connectivity index (χ1v) is 8.95. The highest BCUT2D eigenvalue weighted by Crippen LogP contribution is 2.44. The molecule has 132 valence electrons. The van der Waals surface area contributed by atoms with Crippen molar-refractivity contribution in [3.05, 3.63) is 59.8 Å². The molecule has 1 amide bonds. The van der Waals surface area contributed by atoms with Crippen LogP contribution >= 0.6 is 0 Å². The number of hydrogen-bond acceptors (Lipinski definition) is 4. The van der Waals surface area contributed by atoms with E-state index in [1.165, 1.54) is 5.56 Å². The van der Waals surface area contributed by atoms with Gasteiger partial charge in [0.05, 0.1) is 11.3 Å². The van der Waals surface area contributed by atoms with Crippen LogP contribution in [0.25, 0.3) is 16.6 Å². The number of benzene rings is 2. The lowest BCUT2D eigenvalue weighted by Crippen LogP contribution is -2.27. The fourth-order valence-electron chi connectivity index (χ4n) is 4.18. The number of amides is 1. The van der Waals surface area contributed by atoms with E-state index in [4.69, 9.17) is 11.5 Å². The molecule has 2 heterocycles. The van der Waals surface area contributed by atoms with Gasteiger partial charge < -0.3 is 11.5 Å². The third-order valence-corrected chi connectivity index (χ3v) is 5.74. The first kappa shape index (κ1) is 15.5. The van der Waals surface area contributed by atoms with Crippen molar-refractivity contribution in [1.82, 2.24) is 14.7 Å². The van der Waals surface area contributed by atoms with Crippen LogP contribution in [0.2, 0.25) is 0 Å². The second-order valence-corrected chi connectivity index (χ2v) is 7.45. The third kappa shape index (κ3) is 2.50. The third-order valence-electron chi connectivity index (χ3n) is 5.74. The summed E-state index contributed by atoms with van der Waals surface area (Å²) in [5.41, 5.74) is 14.8. The molecule has 1 aromatic heterocycles. The minimum Gasteiger partial charge on any atom is -0.366 e. The summed E-state index contributed by atoms with van der Waals surface area (Å²) in [5, 5.41) is 5.45. The van der Waals surface area contributed by atoms with Crippen LogP contribution in [-0.2, 0) is 6.54 Å². The summed E-state index contributed by atoms with van der Waals surface area (Å²) in [6.45, 7) is 3.20. The second-order valence-electron chi connectivity index (χ2n) is 7.45. The topological polar surface area (TPSA) is 90.2 Å². The number of likely N-dealkylation sites (tertiary alicyclic amines) is 1. The number of hydrogen-bond donors (Lipinski definition) is 2. The first-order valence-electron chi connectivity index (χ1n) is 8.95. The molecule has 2 unspecified atom stereocenters. The van der Waals surface area contributed by atoms with E-state index < -0.39 is 5.91 Å². The minimum absolute atomic E-state index is 0.438. The van der Waals surface area contributed by atoms with Crippen LogP contribution in [0.3, 0.4) is 0 Å². The van der Waals surface area contributed by atoms with Gasteiger partial charge in [-0.25, -0.2) is 4.68 Å². The number of carbonyl (C=O) groups is 1. The Morgan fingerprint density at radius 3 is 2.54 bits per heavy atom. The van der Waals surface area contributed by atoms with E-state index in [9.17, 15) is 4.79 Å². The average molecular weight is 347 g/mol. The molecule has 6 heteroatoms. The van der Waals surface area contributed by atoms with Crippen molar-refractivity contribution in [1.29, 1.82) is 0 Å². The summed E-state index contributed by atoms with van der Waals surface area (Å²) >= 11 is 0. The largest absolute Gasteiger partial charge is 0.366 e. The monoisotopic (exact) mass is 347 g/mol. The first-order chi connectivity index (χ1) is 12.6. The fourth-order valence-corrected chi connectivity index (χ4v) is 4.18. The normalized spacial score (nSPS) is 24.7. The highest BCUT2D eigenvalue weighted by molar-refractivity contribution is 6.04. The Balaban J connectivity index is 1.36. The van der Waals surface area contributed by atoms with E-state index in [2.05, 4.69) is 34.3 Å². The number of carbonyl (C=O) groups excluding carboxylic acids is 1. The summed E-state index contributed by atoms with van der Waals surface area (Å²) in [6.07, 6.45) is 1.92. The average Bonchev–Trinajstić information content (AvgIpc) is 3.03. The van der Waals surface area contributed by atoms with E-state index in [-0.39, 0.29) is 0 Å². The van der Waals surface area contributed by atoms with Crippen LogP contribution in [0.1, 0.15) is 15.9 Å². The Morgan fingerprint density at radius 2 is 1.85 bits per heavy atom. The van der Waals surface area contributed by atoms with Crippen molar-refractivity contribution in [3.8, 4) is 5.69 Å². The smallest absolute Gasteiger partial charge is 0.250 e. The molecular formula is C20H21N5O. The van der Waals surface area contributed by atoms with Crippen LogP contribution in [0.4, 0.5) is 0 Å². The molecule has 2 fully saturated rings. The zero-order chi connectivity index (χ0) is 17.8. The maximum absolute atomic E-state index is 11.6. The molecule has 0 spiro atoms. The lowest BCUT2D eigenvalue weighted by atomic mass is 10.1. The fraction of sp³-hybridized carbons (Fsp3) is 0.300. The summed E-state index contributed by atoms with van der Waals surface area (Å²) in [4.78, 5) is 14.1. The van der Waals surface area contributed by atoms with Crippen LogP contribution in [0.5, 0.6) is 0 Å². The lowest BCUT2D eigenvalue weighted by Gasteiger charge is -2.18. The molecule has 2 aliphatic rings. The number of fused-ring (bicyclic) bond motifs is 2. The van der Waals surface area contributed by atoms with Crippen LogP contribution < -0.4 is 11.5 Å². The summed E-state index contributed by atoms with van der Waals surface area (Å²) in [5.74, 6) is 0.968. The van der Waals surface area contributed by atoms with Gasteiger partial charge >= 0.3 is 0 Å². The molecule has 4 N–H and O–H groups in total. The van der Waals surface area contributed by atoms with Gasteiger partial charge in [0.2, 0.25) is 0 Å². The number of primary amides is 1. The van der Waals surface area contributed by atoms with Gasteiger partial charge in [0.25, 0.3) is 5.91 Å².